The zero-order valence-corrected chi connectivity index (χ0v) is 14.7. The summed E-state index contributed by atoms with van der Waals surface area (Å²) < 4.78 is 0. The second-order valence-electron chi connectivity index (χ2n) is 5.28. The molecule has 1 heterocycles. The van der Waals surface area contributed by atoms with E-state index in [1.54, 1.807) is 36.4 Å². The lowest BCUT2D eigenvalue weighted by molar-refractivity contribution is 1.11. The molecule has 0 saturated carbocycles. The first-order chi connectivity index (χ1) is 12.0. The van der Waals surface area contributed by atoms with Crippen molar-refractivity contribution < 1.29 is 0 Å². The first kappa shape index (κ1) is 17.0. The molecule has 5 nitrogen and oxygen atoms in total. The van der Waals surface area contributed by atoms with Crippen molar-refractivity contribution in [3.63, 3.8) is 0 Å². The number of halogens is 2. The Labute approximate surface area is 155 Å². The fraction of sp³-hybridized carbons (Fsp3) is 0.0556. The average molecular weight is 370 g/mol. The topological polar surface area (TPSA) is 73.6 Å². The molecule has 2 aromatic carbocycles. The van der Waals surface area contributed by atoms with Crippen molar-refractivity contribution >= 4 is 46.3 Å². The van der Waals surface area contributed by atoms with Gasteiger partial charge in [0.15, 0.2) is 0 Å². The van der Waals surface area contributed by atoms with E-state index < -0.39 is 0 Å². The summed E-state index contributed by atoms with van der Waals surface area (Å²) >= 11 is 12.1. The summed E-state index contributed by atoms with van der Waals surface area (Å²) in [5, 5.41) is 16.3. The number of hydrogen-bond acceptors (Lipinski definition) is 5. The Morgan fingerprint density at radius 1 is 1.00 bits per heavy atom. The normalized spacial score (nSPS) is 10.2. The molecule has 0 atom stereocenters. The van der Waals surface area contributed by atoms with Gasteiger partial charge in [-0.3, -0.25) is 0 Å². The van der Waals surface area contributed by atoms with Gasteiger partial charge in [-0.2, -0.15) is 10.2 Å². The summed E-state index contributed by atoms with van der Waals surface area (Å²) in [7, 11) is 0. The summed E-state index contributed by atoms with van der Waals surface area (Å²) in [6.45, 7) is 1.87. The quantitative estimate of drug-likeness (QED) is 0.639. The first-order valence-electron chi connectivity index (χ1n) is 7.38. The third-order valence-corrected chi connectivity index (χ3v) is 3.84. The van der Waals surface area contributed by atoms with Crippen LogP contribution < -0.4 is 10.6 Å². The number of aryl methyl sites for hydroxylation is 1. The number of aromatic nitrogens is 2. The maximum atomic E-state index is 8.99. The number of nitrogens with one attached hydrogen (secondary N) is 2. The molecule has 1 aromatic heterocycles. The smallest absolute Gasteiger partial charge is 0.229 e. The molecule has 0 saturated heterocycles. The third kappa shape index (κ3) is 4.38. The lowest BCUT2D eigenvalue weighted by Crippen LogP contribution is -2.02. The van der Waals surface area contributed by atoms with Crippen molar-refractivity contribution in [2.75, 3.05) is 10.6 Å². The molecule has 0 radical (unpaired) electrons. The molecule has 0 aliphatic carbocycles. The van der Waals surface area contributed by atoms with Crippen molar-refractivity contribution in [3.05, 3.63) is 69.8 Å². The lowest BCUT2D eigenvalue weighted by atomic mass is 10.2. The van der Waals surface area contributed by atoms with E-state index in [1.165, 1.54) is 0 Å². The molecule has 0 spiro atoms. The SMILES string of the molecule is Cc1cc(Nc2ccc(Cl)cc2Cl)nc(Nc2cccc(C#N)c2)n1. The van der Waals surface area contributed by atoms with Crippen molar-refractivity contribution in [3.8, 4) is 6.07 Å². The summed E-state index contributed by atoms with van der Waals surface area (Å²) in [6, 6.07) is 16.2. The van der Waals surface area contributed by atoms with Gasteiger partial charge in [0.25, 0.3) is 0 Å². The number of nitriles is 1. The van der Waals surface area contributed by atoms with Crippen LogP contribution in [0.3, 0.4) is 0 Å². The van der Waals surface area contributed by atoms with Crippen LogP contribution >= 0.6 is 23.2 Å². The Morgan fingerprint density at radius 2 is 1.84 bits per heavy atom. The highest BCUT2D eigenvalue weighted by atomic mass is 35.5. The highest BCUT2D eigenvalue weighted by molar-refractivity contribution is 6.36. The second kappa shape index (κ2) is 7.39. The van der Waals surface area contributed by atoms with E-state index in [9.17, 15) is 0 Å². The largest absolute Gasteiger partial charge is 0.339 e. The zero-order valence-electron chi connectivity index (χ0n) is 13.2. The molecule has 0 unspecified atom stereocenters. The van der Waals surface area contributed by atoms with E-state index in [2.05, 4.69) is 26.7 Å². The number of rotatable bonds is 4. The molecule has 2 N–H and O–H groups in total. The molecular formula is C18H13Cl2N5. The van der Waals surface area contributed by atoms with Gasteiger partial charge in [0.1, 0.15) is 5.82 Å². The minimum absolute atomic E-state index is 0.419. The van der Waals surface area contributed by atoms with Gasteiger partial charge in [-0.25, -0.2) is 4.98 Å². The third-order valence-electron chi connectivity index (χ3n) is 3.30. The highest BCUT2D eigenvalue weighted by Crippen LogP contribution is 2.28. The highest BCUT2D eigenvalue weighted by Gasteiger charge is 2.07. The van der Waals surface area contributed by atoms with Crippen LogP contribution in [0.4, 0.5) is 23.1 Å². The van der Waals surface area contributed by atoms with Gasteiger partial charge in [0.2, 0.25) is 5.95 Å². The van der Waals surface area contributed by atoms with Crippen molar-refractivity contribution in [2.45, 2.75) is 6.92 Å². The Kier molecular flexibility index (Phi) is 5.03. The molecule has 0 bridgehead atoms. The van der Waals surface area contributed by atoms with Crippen LogP contribution in [0.5, 0.6) is 0 Å². The number of hydrogen-bond donors (Lipinski definition) is 2. The summed E-state index contributed by atoms with van der Waals surface area (Å²) in [5.41, 5.74) is 2.77. The monoisotopic (exact) mass is 369 g/mol. The van der Waals surface area contributed by atoms with Gasteiger partial charge in [0, 0.05) is 22.5 Å². The van der Waals surface area contributed by atoms with Crippen molar-refractivity contribution in [2.24, 2.45) is 0 Å². The van der Waals surface area contributed by atoms with E-state index in [4.69, 9.17) is 28.5 Å². The van der Waals surface area contributed by atoms with Gasteiger partial charge in [-0.1, -0.05) is 29.3 Å². The molecule has 0 fully saturated rings. The molecule has 25 heavy (non-hydrogen) atoms. The number of nitrogens with zero attached hydrogens (tertiary/aromatic N) is 3. The molecular weight excluding hydrogens is 357 g/mol. The Morgan fingerprint density at radius 3 is 2.60 bits per heavy atom. The van der Waals surface area contributed by atoms with Gasteiger partial charge in [-0.05, 0) is 43.3 Å². The molecule has 124 valence electrons. The Balaban J connectivity index is 1.86. The Bertz CT molecular complexity index is 966. The lowest BCUT2D eigenvalue weighted by Gasteiger charge is -2.11. The van der Waals surface area contributed by atoms with Crippen LogP contribution in [-0.2, 0) is 0 Å². The summed E-state index contributed by atoms with van der Waals surface area (Å²) in [6.07, 6.45) is 0. The number of anilines is 4. The van der Waals surface area contributed by atoms with Crippen LogP contribution in [0.25, 0.3) is 0 Å². The average Bonchev–Trinajstić information content (AvgIpc) is 2.57. The fourth-order valence-corrected chi connectivity index (χ4v) is 2.67. The van der Waals surface area contributed by atoms with Crippen LogP contribution in [0.15, 0.2) is 48.5 Å². The van der Waals surface area contributed by atoms with E-state index in [-0.39, 0.29) is 0 Å². The predicted octanol–water partition coefficient (Wildman–Crippen LogP) is 5.45. The fourth-order valence-electron chi connectivity index (χ4n) is 2.21. The molecule has 3 aromatic rings. The van der Waals surface area contributed by atoms with E-state index >= 15 is 0 Å². The van der Waals surface area contributed by atoms with Crippen LogP contribution in [0.2, 0.25) is 10.0 Å². The van der Waals surface area contributed by atoms with Gasteiger partial charge in [-0.15, -0.1) is 0 Å². The minimum atomic E-state index is 0.419. The second-order valence-corrected chi connectivity index (χ2v) is 6.13. The zero-order chi connectivity index (χ0) is 17.8. The van der Waals surface area contributed by atoms with E-state index in [0.29, 0.717) is 33.1 Å². The van der Waals surface area contributed by atoms with Crippen molar-refractivity contribution in [1.29, 1.82) is 5.26 Å². The van der Waals surface area contributed by atoms with Crippen LogP contribution in [0.1, 0.15) is 11.3 Å². The van der Waals surface area contributed by atoms with Crippen LogP contribution in [0, 0.1) is 18.3 Å². The Hall–Kier alpha value is -2.81. The summed E-state index contributed by atoms with van der Waals surface area (Å²) in [5.74, 6) is 1.01. The molecule has 0 aliphatic heterocycles. The molecule has 3 rings (SSSR count). The van der Waals surface area contributed by atoms with Crippen molar-refractivity contribution in [1.82, 2.24) is 9.97 Å². The standard InChI is InChI=1S/C18H13Cl2N5/c1-11-7-17(24-16-6-5-13(19)9-15(16)20)25-18(22-11)23-14-4-2-3-12(8-14)10-21/h2-9H,1H3,(H2,22,23,24,25). The minimum Gasteiger partial charge on any atom is -0.339 e. The van der Waals surface area contributed by atoms with Gasteiger partial charge in [0.05, 0.1) is 22.3 Å². The van der Waals surface area contributed by atoms with E-state index in [1.807, 2.05) is 19.1 Å². The summed E-state index contributed by atoms with van der Waals surface area (Å²) in [4.78, 5) is 8.80. The predicted molar refractivity (Wildman–Crippen MR) is 101 cm³/mol. The van der Waals surface area contributed by atoms with E-state index in [0.717, 1.165) is 11.4 Å². The molecule has 7 heteroatoms. The first-order valence-corrected chi connectivity index (χ1v) is 8.14. The maximum Gasteiger partial charge on any atom is 0.229 e. The maximum absolute atomic E-state index is 8.99. The molecule has 0 aliphatic rings. The number of benzene rings is 2. The van der Waals surface area contributed by atoms with Gasteiger partial charge >= 0.3 is 0 Å². The van der Waals surface area contributed by atoms with Crippen LogP contribution in [-0.4, -0.2) is 9.97 Å². The molecule has 0 amide bonds. The van der Waals surface area contributed by atoms with Gasteiger partial charge < -0.3 is 10.6 Å².